The second kappa shape index (κ2) is 6.40. The van der Waals surface area contributed by atoms with E-state index in [4.69, 9.17) is 9.98 Å². The zero-order valence-corrected chi connectivity index (χ0v) is 17.6. The molecule has 0 radical (unpaired) electrons. The van der Waals surface area contributed by atoms with Gasteiger partial charge >= 0.3 is 146 Å². The van der Waals surface area contributed by atoms with Crippen molar-refractivity contribution in [3.05, 3.63) is 24.3 Å². The summed E-state index contributed by atoms with van der Waals surface area (Å²) in [6.45, 7) is 15.4. The molecule has 2 rings (SSSR count). The third kappa shape index (κ3) is 2.64. The summed E-state index contributed by atoms with van der Waals surface area (Å²) in [6.07, 6.45) is 9.04. The third-order valence-electron chi connectivity index (χ3n) is 5.58. The van der Waals surface area contributed by atoms with Crippen molar-refractivity contribution in [3.63, 3.8) is 0 Å². The monoisotopic (exact) mass is 352 g/mol. The van der Waals surface area contributed by atoms with Crippen LogP contribution in [0, 0.1) is 0 Å². The minimum atomic E-state index is -3.04. The molecule has 0 aliphatic carbocycles. The van der Waals surface area contributed by atoms with E-state index in [9.17, 15) is 0 Å². The zero-order chi connectivity index (χ0) is 17.5. The van der Waals surface area contributed by atoms with E-state index in [1.165, 1.54) is 0 Å². The van der Waals surface area contributed by atoms with Crippen molar-refractivity contribution in [3.8, 4) is 0 Å². The molecule has 2 aliphatic rings. The Morgan fingerprint density at radius 2 is 1.22 bits per heavy atom. The van der Waals surface area contributed by atoms with E-state index >= 15 is 0 Å². The van der Waals surface area contributed by atoms with Gasteiger partial charge in [-0.3, -0.25) is 0 Å². The molecule has 2 aliphatic heterocycles. The van der Waals surface area contributed by atoms with Gasteiger partial charge in [0.05, 0.1) is 0 Å². The van der Waals surface area contributed by atoms with Gasteiger partial charge in [-0.2, -0.15) is 0 Å². The normalized spacial score (nSPS) is 30.5. The van der Waals surface area contributed by atoms with E-state index in [2.05, 4.69) is 86.7 Å². The van der Waals surface area contributed by atoms with Crippen molar-refractivity contribution in [2.24, 2.45) is 9.98 Å². The maximum absolute atomic E-state index is 5.15. The molecule has 2 unspecified atom stereocenters. The number of allylic oxidation sites excluding steroid dienone is 2. The van der Waals surface area contributed by atoms with Gasteiger partial charge < -0.3 is 0 Å². The summed E-state index contributed by atoms with van der Waals surface area (Å²) in [5.41, 5.74) is 2.26. The van der Waals surface area contributed by atoms with Gasteiger partial charge in [-0.25, -0.2) is 0 Å². The molecule has 0 amide bonds. The number of nitrogens with zero attached hydrogens (tertiary/aromatic N) is 4. The number of hydrogen-bond donors (Lipinski definition) is 0. The van der Waals surface area contributed by atoms with Crippen LogP contribution in [0.15, 0.2) is 34.3 Å². The van der Waals surface area contributed by atoms with E-state index in [1.54, 1.807) is 0 Å². The van der Waals surface area contributed by atoms with E-state index < -0.39 is 17.1 Å². The first-order valence-corrected chi connectivity index (χ1v) is 11.6. The topological polar surface area (TPSA) is 31.2 Å². The van der Waals surface area contributed by atoms with Crippen molar-refractivity contribution in [1.82, 2.24) is 6.76 Å². The van der Waals surface area contributed by atoms with Crippen molar-refractivity contribution in [1.29, 1.82) is 0 Å². The first-order valence-electron chi connectivity index (χ1n) is 8.60. The standard InChI is InChI=1S/2C6H8N.2C3H8N.Ti/c2*1-5-3-4-6(2)7-5;2*1-3-4-2;/h2*3-4H,1-2H3;2*3H2,1-2H3;/q;;2*-1;+2. The average molecular weight is 352 g/mol. The molecule has 5 heteroatoms. The van der Waals surface area contributed by atoms with Gasteiger partial charge in [-0.05, 0) is 0 Å². The predicted octanol–water partition coefficient (Wildman–Crippen LogP) is 3.37. The summed E-state index contributed by atoms with van der Waals surface area (Å²) < 4.78 is 4.85. The summed E-state index contributed by atoms with van der Waals surface area (Å²) in [5, 5.41) is 0. The second-order valence-corrected chi connectivity index (χ2v) is 14.8. The van der Waals surface area contributed by atoms with E-state index in [-0.39, 0.29) is 7.69 Å². The van der Waals surface area contributed by atoms with Gasteiger partial charge in [0.1, 0.15) is 0 Å². The molecule has 0 N–H and O–H groups in total. The van der Waals surface area contributed by atoms with Crippen LogP contribution in [-0.2, 0) is 17.1 Å². The second-order valence-electron chi connectivity index (χ2n) is 7.17. The molecule has 23 heavy (non-hydrogen) atoms. The molecular formula is C18H32N4Ti. The minimum absolute atomic E-state index is 0.174. The fourth-order valence-corrected chi connectivity index (χ4v) is 15.4. The number of hydrogen-bond acceptors (Lipinski definition) is 4. The molecule has 0 aromatic carbocycles. The molecule has 0 spiro atoms. The zero-order valence-electron chi connectivity index (χ0n) is 16.0. The Morgan fingerprint density at radius 3 is 1.43 bits per heavy atom. The van der Waals surface area contributed by atoms with E-state index in [1.807, 2.05) is 0 Å². The molecule has 128 valence electrons. The van der Waals surface area contributed by atoms with Crippen LogP contribution in [0.1, 0.15) is 41.5 Å². The van der Waals surface area contributed by atoms with Gasteiger partial charge in [0.15, 0.2) is 0 Å². The SMILES string of the molecule is CC[N](C)[Ti]([N](C)CC)([C]1(C)C=CC(C)=N1)[C]1(C)C=CC(C)=N1. The molecular weight excluding hydrogens is 320 g/mol. The Bertz CT molecular complexity index is 540. The van der Waals surface area contributed by atoms with Crippen LogP contribution >= 0.6 is 0 Å². The van der Waals surface area contributed by atoms with Gasteiger partial charge in [0.25, 0.3) is 0 Å². The van der Waals surface area contributed by atoms with Gasteiger partial charge in [0.2, 0.25) is 0 Å². The third-order valence-corrected chi connectivity index (χ3v) is 15.3. The van der Waals surface area contributed by atoms with Crippen LogP contribution in [-0.4, -0.2) is 53.1 Å². The number of rotatable bonds is 6. The van der Waals surface area contributed by atoms with Crippen LogP contribution in [0.3, 0.4) is 0 Å². The summed E-state index contributed by atoms with van der Waals surface area (Å²) in [7, 11) is 4.55. The Balaban J connectivity index is 2.78. The van der Waals surface area contributed by atoms with Crippen molar-refractivity contribution >= 4 is 11.4 Å². The van der Waals surface area contributed by atoms with Crippen LogP contribution in [0.4, 0.5) is 0 Å². The van der Waals surface area contributed by atoms with Crippen LogP contribution in [0.25, 0.3) is 0 Å². The molecule has 0 saturated carbocycles. The molecule has 0 saturated heterocycles. The Kier molecular flexibility index (Phi) is 5.23. The number of aliphatic imine (C=N–C) groups is 2. The van der Waals surface area contributed by atoms with Crippen LogP contribution < -0.4 is 0 Å². The van der Waals surface area contributed by atoms with Gasteiger partial charge in [-0.15, -0.1) is 0 Å². The summed E-state index contributed by atoms with van der Waals surface area (Å²) >= 11 is -3.04. The van der Waals surface area contributed by atoms with Crippen molar-refractivity contribution < 1.29 is 17.1 Å². The van der Waals surface area contributed by atoms with Crippen molar-refractivity contribution in [2.75, 3.05) is 27.2 Å². The molecule has 0 bridgehead atoms. The molecule has 2 heterocycles. The van der Waals surface area contributed by atoms with Gasteiger partial charge in [0, 0.05) is 0 Å². The van der Waals surface area contributed by atoms with Crippen LogP contribution in [0.5, 0.6) is 0 Å². The van der Waals surface area contributed by atoms with Crippen LogP contribution in [0.2, 0.25) is 0 Å². The molecule has 0 aromatic rings. The first-order chi connectivity index (χ1) is 10.7. The summed E-state index contributed by atoms with van der Waals surface area (Å²) in [5.74, 6) is 0. The average Bonchev–Trinajstić information content (AvgIpc) is 3.02. The first kappa shape index (κ1) is 18.8. The van der Waals surface area contributed by atoms with E-state index in [0.29, 0.717) is 0 Å². The predicted molar refractivity (Wildman–Crippen MR) is 97.9 cm³/mol. The summed E-state index contributed by atoms with van der Waals surface area (Å²) in [4.78, 5) is 10.3. The maximum atomic E-state index is 5.15. The summed E-state index contributed by atoms with van der Waals surface area (Å²) in [6, 6.07) is 0. The van der Waals surface area contributed by atoms with E-state index in [0.717, 1.165) is 24.5 Å². The Morgan fingerprint density at radius 1 is 0.870 bits per heavy atom. The van der Waals surface area contributed by atoms with Gasteiger partial charge in [-0.1, -0.05) is 0 Å². The Labute approximate surface area is 146 Å². The van der Waals surface area contributed by atoms with Crippen molar-refractivity contribution in [2.45, 2.75) is 49.2 Å². The molecule has 0 aromatic heterocycles. The quantitative estimate of drug-likeness (QED) is 0.687. The molecule has 0 fully saturated rings. The fraction of sp³-hybridized carbons (Fsp3) is 0.667. The molecule has 2 atom stereocenters. The fourth-order valence-electron chi connectivity index (χ4n) is 4.64. The molecule has 4 nitrogen and oxygen atoms in total. The Hall–Kier alpha value is -0.546.